The van der Waals surface area contributed by atoms with Crippen molar-refractivity contribution in [2.45, 2.75) is 26.4 Å². The lowest BCUT2D eigenvalue weighted by molar-refractivity contribution is -0.144. The molecule has 7 heteroatoms. The maximum absolute atomic E-state index is 12.8. The van der Waals surface area contributed by atoms with Crippen molar-refractivity contribution in [1.82, 2.24) is 9.88 Å². The molecule has 1 aromatic heterocycles. The second-order valence-electron chi connectivity index (χ2n) is 7.47. The van der Waals surface area contributed by atoms with Crippen molar-refractivity contribution in [3.05, 3.63) is 52.7 Å². The van der Waals surface area contributed by atoms with Crippen LogP contribution in [0, 0.1) is 19.8 Å². The van der Waals surface area contributed by atoms with Crippen LogP contribution in [0.3, 0.4) is 0 Å². The van der Waals surface area contributed by atoms with Crippen LogP contribution in [-0.2, 0) is 9.59 Å². The van der Waals surface area contributed by atoms with E-state index in [1.165, 1.54) is 11.8 Å². The largest absolute Gasteiger partial charge is 0.471 e. The summed E-state index contributed by atoms with van der Waals surface area (Å²) < 4.78 is 5.74. The summed E-state index contributed by atoms with van der Waals surface area (Å²) in [5.74, 6) is 0.214. The summed E-state index contributed by atoms with van der Waals surface area (Å²) in [7, 11) is 0. The molecule has 146 valence electrons. The fourth-order valence-corrected chi connectivity index (χ4v) is 3.68. The number of carbonyl (C=O) groups excluding carboxylic acids is 2. The van der Waals surface area contributed by atoms with Crippen LogP contribution in [0.5, 0.6) is 5.88 Å². The first-order chi connectivity index (χ1) is 13.4. The molecule has 0 spiro atoms. The first-order valence-electron chi connectivity index (χ1n) is 9.35. The quantitative estimate of drug-likeness (QED) is 0.792. The molecule has 1 unspecified atom stereocenters. The maximum atomic E-state index is 12.8. The molecule has 6 nitrogen and oxygen atoms in total. The van der Waals surface area contributed by atoms with Crippen LogP contribution in [0.15, 0.2) is 36.5 Å². The molecule has 2 amide bonds. The molecule has 2 aliphatic rings. The molecule has 2 saturated heterocycles. The van der Waals surface area contributed by atoms with Gasteiger partial charge in [0.1, 0.15) is 6.10 Å². The normalized spacial score (nSPS) is 19.7. The summed E-state index contributed by atoms with van der Waals surface area (Å²) >= 11 is 5.82. The Kier molecular flexibility index (Phi) is 4.98. The number of amides is 2. The molecule has 0 saturated carbocycles. The predicted molar refractivity (Wildman–Crippen MR) is 107 cm³/mol. The Bertz CT molecular complexity index is 910. The predicted octanol–water partition coefficient (Wildman–Crippen LogP) is 2.99. The van der Waals surface area contributed by atoms with Crippen LogP contribution >= 0.6 is 11.6 Å². The molecule has 3 heterocycles. The molecule has 0 radical (unpaired) electrons. The van der Waals surface area contributed by atoms with Gasteiger partial charge in [-0.2, -0.15) is 0 Å². The minimum atomic E-state index is -0.302. The van der Waals surface area contributed by atoms with Gasteiger partial charge in [-0.3, -0.25) is 9.59 Å². The molecule has 28 heavy (non-hydrogen) atoms. The van der Waals surface area contributed by atoms with Crippen molar-refractivity contribution in [2.24, 2.45) is 5.92 Å². The lowest BCUT2D eigenvalue weighted by Crippen LogP contribution is -2.57. The third-order valence-electron chi connectivity index (χ3n) is 5.42. The van der Waals surface area contributed by atoms with E-state index < -0.39 is 0 Å². The van der Waals surface area contributed by atoms with Gasteiger partial charge in [0.15, 0.2) is 0 Å². The number of pyridine rings is 1. The molecule has 4 rings (SSSR count). The topological polar surface area (TPSA) is 62.7 Å². The molecular weight excluding hydrogens is 378 g/mol. The smallest absolute Gasteiger partial charge is 0.228 e. The van der Waals surface area contributed by atoms with E-state index in [4.69, 9.17) is 16.3 Å². The second kappa shape index (κ2) is 7.43. The molecule has 0 N–H and O–H groups in total. The summed E-state index contributed by atoms with van der Waals surface area (Å²) in [6.07, 6.45) is 1.71. The Morgan fingerprint density at radius 3 is 2.61 bits per heavy atom. The molecular formula is C21H22ClN3O3. The number of hydrogen-bond acceptors (Lipinski definition) is 4. The van der Waals surface area contributed by atoms with Crippen molar-refractivity contribution in [3.63, 3.8) is 0 Å². The van der Waals surface area contributed by atoms with Gasteiger partial charge in [0.25, 0.3) is 0 Å². The Morgan fingerprint density at radius 1 is 1.14 bits per heavy atom. The van der Waals surface area contributed by atoms with Gasteiger partial charge in [0, 0.05) is 30.9 Å². The van der Waals surface area contributed by atoms with Crippen LogP contribution in [0.2, 0.25) is 5.02 Å². The van der Waals surface area contributed by atoms with Crippen LogP contribution < -0.4 is 9.64 Å². The van der Waals surface area contributed by atoms with E-state index in [2.05, 4.69) is 4.98 Å². The van der Waals surface area contributed by atoms with Crippen LogP contribution in [0.1, 0.15) is 17.5 Å². The summed E-state index contributed by atoms with van der Waals surface area (Å²) in [5, 5.41) is 0.553. The fourth-order valence-electron chi connectivity index (χ4n) is 3.57. The number of hydrogen-bond donors (Lipinski definition) is 0. The first-order valence-corrected chi connectivity index (χ1v) is 9.73. The minimum absolute atomic E-state index is 0.000269. The Labute approximate surface area is 169 Å². The summed E-state index contributed by atoms with van der Waals surface area (Å²) in [6, 6.07) is 9.39. The van der Waals surface area contributed by atoms with Crippen molar-refractivity contribution in [2.75, 3.05) is 24.5 Å². The van der Waals surface area contributed by atoms with E-state index in [0.717, 1.165) is 11.3 Å². The molecule has 1 aromatic carbocycles. The van der Waals surface area contributed by atoms with Crippen LogP contribution in [0.4, 0.5) is 5.69 Å². The number of anilines is 1. The van der Waals surface area contributed by atoms with Gasteiger partial charge in [0.05, 0.1) is 24.0 Å². The van der Waals surface area contributed by atoms with Crippen molar-refractivity contribution < 1.29 is 14.3 Å². The van der Waals surface area contributed by atoms with Crippen molar-refractivity contribution >= 4 is 29.1 Å². The Hall–Kier alpha value is -2.60. The highest BCUT2D eigenvalue weighted by molar-refractivity contribution is 6.30. The summed E-state index contributed by atoms with van der Waals surface area (Å²) in [6.45, 7) is 5.52. The average molecular weight is 400 g/mol. The Morgan fingerprint density at radius 2 is 1.93 bits per heavy atom. The van der Waals surface area contributed by atoms with E-state index in [9.17, 15) is 9.59 Å². The van der Waals surface area contributed by atoms with Gasteiger partial charge in [-0.25, -0.2) is 4.98 Å². The molecule has 1 atom stereocenters. The summed E-state index contributed by atoms with van der Waals surface area (Å²) in [5.41, 5.74) is 3.19. The number of halogens is 1. The highest BCUT2D eigenvalue weighted by Crippen LogP contribution is 2.29. The van der Waals surface area contributed by atoms with Crippen molar-refractivity contribution in [3.8, 4) is 5.88 Å². The molecule has 0 aliphatic carbocycles. The average Bonchev–Trinajstić information content (AvgIpc) is 3.03. The third kappa shape index (κ3) is 3.69. The number of aromatic nitrogens is 1. The molecule has 0 bridgehead atoms. The molecule has 2 fully saturated rings. The van der Waals surface area contributed by atoms with Gasteiger partial charge in [0.2, 0.25) is 17.7 Å². The van der Waals surface area contributed by atoms with E-state index in [1.54, 1.807) is 21.9 Å². The van der Waals surface area contributed by atoms with Gasteiger partial charge < -0.3 is 14.5 Å². The monoisotopic (exact) mass is 399 g/mol. The van der Waals surface area contributed by atoms with Gasteiger partial charge >= 0.3 is 0 Å². The minimum Gasteiger partial charge on any atom is -0.471 e. The number of aryl methyl sites for hydroxylation is 2. The second-order valence-corrected chi connectivity index (χ2v) is 7.91. The highest BCUT2D eigenvalue weighted by Gasteiger charge is 2.41. The number of rotatable bonds is 4. The van der Waals surface area contributed by atoms with Gasteiger partial charge in [-0.15, -0.1) is 0 Å². The number of likely N-dealkylation sites (tertiary alicyclic amines) is 1. The van der Waals surface area contributed by atoms with E-state index in [-0.39, 0.29) is 30.3 Å². The molecule has 2 aliphatic heterocycles. The third-order valence-corrected chi connectivity index (χ3v) is 5.65. The van der Waals surface area contributed by atoms with Gasteiger partial charge in [-0.05, 0) is 43.2 Å². The molecule has 2 aromatic rings. The standard InChI is InChI=1S/C21H22ClN3O3/c1-13-3-5-17(7-14(13)2)25-10-15(8-20(25)26)21(27)24-11-18(12-24)28-19-6-4-16(22)9-23-19/h3-7,9,15,18H,8,10-12H2,1-2H3. The number of nitrogens with zero attached hydrogens (tertiary/aromatic N) is 3. The number of carbonyl (C=O) groups is 2. The van der Waals surface area contributed by atoms with E-state index >= 15 is 0 Å². The lowest BCUT2D eigenvalue weighted by Gasteiger charge is -2.39. The van der Waals surface area contributed by atoms with E-state index in [0.29, 0.717) is 30.5 Å². The van der Waals surface area contributed by atoms with E-state index in [1.807, 2.05) is 32.0 Å². The fraction of sp³-hybridized carbons (Fsp3) is 0.381. The van der Waals surface area contributed by atoms with Crippen molar-refractivity contribution in [1.29, 1.82) is 0 Å². The first kappa shape index (κ1) is 18.7. The van der Waals surface area contributed by atoms with Crippen LogP contribution in [0.25, 0.3) is 0 Å². The number of benzene rings is 1. The number of ether oxygens (including phenoxy) is 1. The van der Waals surface area contributed by atoms with Crippen LogP contribution in [-0.4, -0.2) is 47.4 Å². The zero-order chi connectivity index (χ0) is 19.8. The summed E-state index contributed by atoms with van der Waals surface area (Å²) in [4.78, 5) is 32.8. The zero-order valence-corrected chi connectivity index (χ0v) is 16.6. The SMILES string of the molecule is Cc1ccc(N2CC(C(=O)N3CC(Oc4ccc(Cl)cn4)C3)CC2=O)cc1C. The zero-order valence-electron chi connectivity index (χ0n) is 15.9. The lowest BCUT2D eigenvalue weighted by atomic mass is 10.0. The highest BCUT2D eigenvalue weighted by atomic mass is 35.5. The Balaban J connectivity index is 1.33. The maximum Gasteiger partial charge on any atom is 0.228 e. The van der Waals surface area contributed by atoms with Gasteiger partial charge in [-0.1, -0.05) is 17.7 Å².